The fraction of sp³-hybridized carbons (Fsp3) is 0.619. The van der Waals surface area contributed by atoms with E-state index in [4.69, 9.17) is 22.9 Å². The molecule has 0 bridgehead atoms. The van der Waals surface area contributed by atoms with Crippen molar-refractivity contribution >= 4 is 58.2 Å². The number of H-pyrrole nitrogens is 1. The minimum atomic E-state index is -1.53. The van der Waals surface area contributed by atoms with Crippen molar-refractivity contribution < 1.29 is 43.5 Å². The molecule has 2 aromatic rings. The molecule has 3 heterocycles. The zero-order chi connectivity index (χ0) is 46.2. The van der Waals surface area contributed by atoms with Crippen LogP contribution in [0.5, 0.6) is 0 Å². The molecule has 2 aliphatic heterocycles. The highest BCUT2D eigenvalue weighted by Crippen LogP contribution is 2.24. The number of amides is 8. The summed E-state index contributed by atoms with van der Waals surface area (Å²) in [7, 11) is 0. The van der Waals surface area contributed by atoms with Crippen molar-refractivity contribution in [1.29, 1.82) is 0 Å². The van der Waals surface area contributed by atoms with Gasteiger partial charge in [0.15, 0.2) is 0 Å². The average molecular weight is 883 g/mol. The number of primary amides is 1. The predicted octanol–water partition coefficient (Wildman–Crippen LogP) is -2.78. The van der Waals surface area contributed by atoms with Crippen LogP contribution in [0.1, 0.15) is 83.6 Å². The van der Waals surface area contributed by atoms with Crippen molar-refractivity contribution in [3.63, 3.8) is 0 Å². The van der Waals surface area contributed by atoms with Crippen LogP contribution >= 0.6 is 0 Å². The van der Waals surface area contributed by atoms with Crippen molar-refractivity contribution in [3.8, 4) is 0 Å². The normalized spacial score (nSPS) is 19.0. The first kappa shape index (κ1) is 50.0. The van der Waals surface area contributed by atoms with E-state index in [0.29, 0.717) is 58.0 Å². The van der Waals surface area contributed by atoms with E-state index in [1.54, 1.807) is 6.20 Å². The van der Waals surface area contributed by atoms with E-state index >= 15 is 0 Å². The van der Waals surface area contributed by atoms with Gasteiger partial charge in [0.1, 0.15) is 42.3 Å². The Morgan fingerprint density at radius 1 is 0.714 bits per heavy atom. The summed E-state index contributed by atoms with van der Waals surface area (Å²) < 4.78 is 0. The molecule has 21 nitrogen and oxygen atoms in total. The van der Waals surface area contributed by atoms with Crippen molar-refractivity contribution in [1.82, 2.24) is 41.4 Å². The van der Waals surface area contributed by atoms with Gasteiger partial charge in [0.25, 0.3) is 0 Å². The number of unbranched alkanes of at least 4 members (excludes halogenated alkanes) is 2. The van der Waals surface area contributed by atoms with Gasteiger partial charge in [-0.1, -0.05) is 18.2 Å². The van der Waals surface area contributed by atoms with Crippen molar-refractivity contribution in [3.05, 3.63) is 36.0 Å². The Morgan fingerprint density at radius 2 is 1.24 bits per heavy atom. The summed E-state index contributed by atoms with van der Waals surface area (Å²) in [5, 5.41) is 24.4. The number of rotatable bonds is 24. The highest BCUT2D eigenvalue weighted by atomic mass is 16.3. The number of benzene rings is 1. The molecule has 0 unspecified atom stereocenters. The number of aromatic amines is 1. The molecule has 2 aliphatic rings. The number of carbonyl (C=O) groups is 8. The second-order valence-corrected chi connectivity index (χ2v) is 16.4. The van der Waals surface area contributed by atoms with Gasteiger partial charge in [-0.2, -0.15) is 0 Å². The predicted molar refractivity (Wildman–Crippen MR) is 233 cm³/mol. The molecule has 63 heavy (non-hydrogen) atoms. The molecular formula is C42H66N12O9. The molecule has 0 spiro atoms. The van der Waals surface area contributed by atoms with Gasteiger partial charge in [-0.05, 0) is 103 Å². The molecule has 15 N–H and O–H groups in total. The van der Waals surface area contributed by atoms with Gasteiger partial charge in [-0.15, -0.1) is 0 Å². The number of hydrogen-bond donors (Lipinski definition) is 11. The van der Waals surface area contributed by atoms with E-state index in [1.165, 1.54) is 23.6 Å². The van der Waals surface area contributed by atoms with Crippen LogP contribution in [-0.4, -0.2) is 148 Å². The van der Waals surface area contributed by atoms with Gasteiger partial charge in [0, 0.05) is 36.6 Å². The SMILES string of the molecule is C[C@H](N)C(=O)N[C@@H](CCCCN)C(=O)N[C@@H](Cc1c[nH]c2ccccc12)C(=O)N1CCC[C@H]1C(=O)N[C@@H](CO)C(=O)N[C@@H](CCCCN)C(=O)N1CCC[C@H]1C(=O)N[C@@H](C)C(N)=O. The largest absolute Gasteiger partial charge is 0.394 e. The first-order valence-corrected chi connectivity index (χ1v) is 21.8. The quantitative estimate of drug-likeness (QED) is 0.0477. The molecule has 4 rings (SSSR count). The summed E-state index contributed by atoms with van der Waals surface area (Å²) in [6.45, 7) is 3.14. The first-order chi connectivity index (χ1) is 30.1. The van der Waals surface area contributed by atoms with Crippen LogP contribution in [0.3, 0.4) is 0 Å². The number of aliphatic hydroxyl groups excluding tert-OH is 1. The smallest absolute Gasteiger partial charge is 0.246 e. The molecule has 0 saturated carbocycles. The Kier molecular flexibility index (Phi) is 19.3. The molecule has 1 aromatic heterocycles. The summed E-state index contributed by atoms with van der Waals surface area (Å²) in [6.07, 6.45) is 5.67. The molecule has 2 fully saturated rings. The van der Waals surface area contributed by atoms with Crippen LogP contribution in [0, 0.1) is 0 Å². The number of hydrogen-bond acceptors (Lipinski definition) is 12. The minimum absolute atomic E-state index is 0.0289. The highest BCUT2D eigenvalue weighted by Gasteiger charge is 2.42. The maximum atomic E-state index is 14.6. The van der Waals surface area contributed by atoms with E-state index in [0.717, 1.165) is 16.5 Å². The summed E-state index contributed by atoms with van der Waals surface area (Å²) in [5.41, 5.74) is 24.0. The topological polar surface area (TPSA) is 343 Å². The second kappa shape index (κ2) is 24.3. The Hall–Kier alpha value is -5.64. The van der Waals surface area contributed by atoms with Crippen LogP contribution < -0.4 is 49.5 Å². The molecule has 8 atom stereocenters. The number of likely N-dealkylation sites (tertiary alicyclic amines) is 2. The Labute approximate surface area is 366 Å². The highest BCUT2D eigenvalue weighted by molar-refractivity contribution is 5.98. The monoisotopic (exact) mass is 883 g/mol. The van der Waals surface area contributed by atoms with Gasteiger partial charge in [-0.3, -0.25) is 38.4 Å². The van der Waals surface area contributed by atoms with Crippen molar-refractivity contribution in [2.45, 2.75) is 133 Å². The fourth-order valence-corrected chi connectivity index (χ4v) is 7.93. The zero-order valence-corrected chi connectivity index (χ0v) is 36.2. The number of nitrogens with zero attached hydrogens (tertiary/aromatic N) is 2. The molecule has 8 amide bonds. The number of carbonyl (C=O) groups excluding carboxylic acids is 8. The van der Waals surface area contributed by atoms with Crippen LogP contribution in [-0.2, 0) is 44.8 Å². The van der Waals surface area contributed by atoms with Crippen molar-refractivity contribution in [2.24, 2.45) is 22.9 Å². The fourth-order valence-electron chi connectivity index (χ4n) is 7.93. The second-order valence-electron chi connectivity index (χ2n) is 16.4. The van der Waals surface area contributed by atoms with Crippen LogP contribution in [0.4, 0.5) is 0 Å². The number of aromatic nitrogens is 1. The number of nitrogens with one attached hydrogen (secondary N) is 6. The van der Waals surface area contributed by atoms with Gasteiger partial charge in [0.2, 0.25) is 47.3 Å². The van der Waals surface area contributed by atoms with Crippen LogP contribution in [0.15, 0.2) is 30.5 Å². The maximum Gasteiger partial charge on any atom is 0.246 e. The van der Waals surface area contributed by atoms with Gasteiger partial charge in [0.05, 0.1) is 12.6 Å². The van der Waals surface area contributed by atoms with E-state index in [1.807, 2.05) is 24.3 Å². The van der Waals surface area contributed by atoms with E-state index in [-0.39, 0.29) is 38.8 Å². The molecule has 0 aliphatic carbocycles. The zero-order valence-electron chi connectivity index (χ0n) is 36.2. The van der Waals surface area contributed by atoms with E-state index in [9.17, 15) is 43.5 Å². The molecule has 0 radical (unpaired) electrons. The molecular weight excluding hydrogens is 817 g/mol. The van der Waals surface area contributed by atoms with Crippen molar-refractivity contribution in [2.75, 3.05) is 32.8 Å². The number of nitrogens with two attached hydrogens (primary N) is 4. The lowest BCUT2D eigenvalue weighted by Gasteiger charge is -2.31. The summed E-state index contributed by atoms with van der Waals surface area (Å²) in [5.74, 6) is -5.20. The molecule has 21 heteroatoms. The average Bonchev–Trinajstić information content (AvgIpc) is 4.05. The molecule has 2 saturated heterocycles. The lowest BCUT2D eigenvalue weighted by atomic mass is 10.0. The lowest BCUT2D eigenvalue weighted by Crippen LogP contribution is -2.60. The minimum Gasteiger partial charge on any atom is -0.394 e. The lowest BCUT2D eigenvalue weighted by molar-refractivity contribution is -0.143. The third kappa shape index (κ3) is 13.7. The standard InChI is InChI=1S/C42H66N12O9/c1-24(45)36(57)49-29(13-5-7-17-43)37(58)51-31(21-26-22-47-28-12-4-3-11-27(26)28)42(63)54-20-10-16-34(54)40(61)52-32(23-55)38(59)50-30(14-6-8-18-44)41(62)53-19-9-15-33(53)39(60)48-25(2)35(46)56/h3-4,11-12,22,24-25,29-34,47,55H,5-10,13-21,23,43-45H2,1-2H3,(H2,46,56)(H,48,60)(H,49,57)(H,50,59)(H,51,58)(H,52,61)/t24-,25-,29-,30-,31-,32-,33-,34-/m0/s1. The number of para-hydroxylation sites is 1. The molecule has 348 valence electrons. The summed E-state index contributed by atoms with van der Waals surface area (Å²) in [6, 6.07) is -1.32. The van der Waals surface area contributed by atoms with Gasteiger partial charge in [-0.25, -0.2) is 0 Å². The third-order valence-electron chi connectivity index (χ3n) is 11.5. The van der Waals surface area contributed by atoms with Gasteiger partial charge < -0.3 is 69.4 Å². The summed E-state index contributed by atoms with van der Waals surface area (Å²) >= 11 is 0. The van der Waals surface area contributed by atoms with E-state index < -0.39 is 102 Å². The number of fused-ring (bicyclic) bond motifs is 1. The third-order valence-corrected chi connectivity index (χ3v) is 11.5. The van der Waals surface area contributed by atoms with Crippen LogP contribution in [0.2, 0.25) is 0 Å². The maximum absolute atomic E-state index is 14.6. The first-order valence-electron chi connectivity index (χ1n) is 21.8. The Balaban J connectivity index is 1.52. The Morgan fingerprint density at radius 3 is 1.81 bits per heavy atom. The van der Waals surface area contributed by atoms with Gasteiger partial charge >= 0.3 is 0 Å². The van der Waals surface area contributed by atoms with Crippen LogP contribution in [0.25, 0.3) is 10.9 Å². The number of aliphatic hydroxyl groups is 1. The summed E-state index contributed by atoms with van der Waals surface area (Å²) in [4.78, 5) is 113. The Bertz CT molecular complexity index is 1920. The van der Waals surface area contributed by atoms with E-state index in [2.05, 4.69) is 31.6 Å². The molecule has 1 aromatic carbocycles.